The van der Waals surface area contributed by atoms with Crippen molar-refractivity contribution in [3.8, 4) is 0 Å². The molecular weight excluding hydrogens is 463 g/mol. The van der Waals surface area contributed by atoms with E-state index in [1.807, 2.05) is 24.3 Å². The monoisotopic (exact) mass is 484 g/mol. The molecule has 33 heavy (non-hydrogen) atoms. The van der Waals surface area contributed by atoms with E-state index in [0.717, 1.165) is 21.4 Å². The van der Waals surface area contributed by atoms with Gasteiger partial charge in [0.2, 0.25) is 0 Å². The summed E-state index contributed by atoms with van der Waals surface area (Å²) in [5.74, 6) is -0.950. The third kappa shape index (κ3) is 5.47. The molecule has 0 unspecified atom stereocenters. The number of aromatic nitrogens is 1. The number of para-hydroxylation sites is 1. The Bertz CT molecular complexity index is 1390. The second-order valence-corrected chi connectivity index (χ2v) is 9.98. The van der Waals surface area contributed by atoms with Crippen LogP contribution in [0, 0.1) is 12.7 Å². The molecule has 4 aromatic rings. The predicted molar refractivity (Wildman–Crippen MR) is 129 cm³/mol. The number of halogens is 1. The molecule has 0 aliphatic rings. The first-order chi connectivity index (χ1) is 15.8. The van der Waals surface area contributed by atoms with E-state index in [2.05, 4.69) is 20.3 Å². The van der Waals surface area contributed by atoms with Crippen LogP contribution >= 0.6 is 11.3 Å². The third-order valence-corrected chi connectivity index (χ3v) is 7.18. The standard InChI is InChI=1S/C23H21FN4O3S2/c1-15-9-10-18(14-19(15)24)33(30,31)28-17-6-4-5-16(13-17)22(29)25-11-12-26-23-27-20-7-2-3-8-21(20)32-23/h2-10,13-14,28H,11-12H2,1H3,(H,25,29)(H,26,27). The highest BCUT2D eigenvalue weighted by Gasteiger charge is 2.16. The van der Waals surface area contributed by atoms with Crippen molar-refractivity contribution in [2.45, 2.75) is 11.8 Å². The van der Waals surface area contributed by atoms with Crippen molar-refractivity contribution in [2.75, 3.05) is 23.1 Å². The van der Waals surface area contributed by atoms with E-state index in [0.29, 0.717) is 24.2 Å². The van der Waals surface area contributed by atoms with Gasteiger partial charge in [0.1, 0.15) is 5.82 Å². The van der Waals surface area contributed by atoms with Crippen molar-refractivity contribution in [1.82, 2.24) is 10.3 Å². The minimum atomic E-state index is -4.00. The molecule has 10 heteroatoms. The Labute approximate surface area is 194 Å². The third-order valence-electron chi connectivity index (χ3n) is 4.81. The fourth-order valence-electron chi connectivity index (χ4n) is 3.07. The summed E-state index contributed by atoms with van der Waals surface area (Å²) in [6.45, 7) is 2.39. The van der Waals surface area contributed by atoms with Gasteiger partial charge >= 0.3 is 0 Å². The van der Waals surface area contributed by atoms with Crippen LogP contribution in [0.1, 0.15) is 15.9 Å². The topological polar surface area (TPSA) is 100 Å². The highest BCUT2D eigenvalue weighted by atomic mass is 32.2. The van der Waals surface area contributed by atoms with Crippen LogP contribution < -0.4 is 15.4 Å². The number of thiazole rings is 1. The summed E-state index contributed by atoms with van der Waals surface area (Å²) in [4.78, 5) is 16.8. The van der Waals surface area contributed by atoms with Crippen LogP contribution in [-0.4, -0.2) is 32.4 Å². The summed E-state index contributed by atoms with van der Waals surface area (Å²) >= 11 is 1.54. The molecule has 7 nitrogen and oxygen atoms in total. The van der Waals surface area contributed by atoms with Crippen molar-refractivity contribution in [1.29, 1.82) is 0 Å². The molecule has 0 radical (unpaired) electrons. The summed E-state index contributed by atoms with van der Waals surface area (Å²) in [7, 11) is -4.00. The van der Waals surface area contributed by atoms with Gasteiger partial charge in [0.25, 0.3) is 15.9 Å². The Morgan fingerprint density at radius 2 is 1.85 bits per heavy atom. The van der Waals surface area contributed by atoms with E-state index in [1.165, 1.54) is 35.6 Å². The number of rotatable bonds is 8. The average Bonchev–Trinajstić information content (AvgIpc) is 3.21. The van der Waals surface area contributed by atoms with Gasteiger partial charge in [-0.25, -0.2) is 17.8 Å². The molecule has 1 amide bonds. The number of hydrogen-bond donors (Lipinski definition) is 3. The van der Waals surface area contributed by atoms with Gasteiger partial charge in [-0.1, -0.05) is 35.6 Å². The molecule has 0 bridgehead atoms. The molecule has 3 N–H and O–H groups in total. The lowest BCUT2D eigenvalue weighted by molar-refractivity contribution is 0.0955. The molecule has 0 fully saturated rings. The Morgan fingerprint density at radius 3 is 2.64 bits per heavy atom. The molecule has 0 atom stereocenters. The smallest absolute Gasteiger partial charge is 0.261 e. The summed E-state index contributed by atoms with van der Waals surface area (Å²) in [5, 5.41) is 6.74. The number of hydrogen-bond acceptors (Lipinski definition) is 6. The van der Waals surface area contributed by atoms with Crippen molar-refractivity contribution < 1.29 is 17.6 Å². The molecule has 0 aliphatic heterocycles. The molecule has 0 saturated heterocycles. The molecule has 0 spiro atoms. The molecule has 3 aromatic carbocycles. The van der Waals surface area contributed by atoms with Gasteiger partial charge in [-0.05, 0) is 55.0 Å². The number of nitrogens with zero attached hydrogens (tertiary/aromatic N) is 1. The van der Waals surface area contributed by atoms with Gasteiger partial charge in [0.05, 0.1) is 15.1 Å². The molecule has 0 aliphatic carbocycles. The Kier molecular flexibility index (Phi) is 6.57. The first-order valence-corrected chi connectivity index (χ1v) is 12.4. The van der Waals surface area contributed by atoms with Gasteiger partial charge in [-0.3, -0.25) is 9.52 Å². The number of nitrogens with one attached hydrogen (secondary N) is 3. The minimum absolute atomic E-state index is 0.193. The summed E-state index contributed by atoms with van der Waals surface area (Å²) in [6, 6.07) is 17.6. The summed E-state index contributed by atoms with van der Waals surface area (Å²) in [6.07, 6.45) is 0. The quantitative estimate of drug-likeness (QED) is 0.322. The minimum Gasteiger partial charge on any atom is -0.360 e. The van der Waals surface area contributed by atoms with Gasteiger partial charge in [-0.2, -0.15) is 0 Å². The van der Waals surface area contributed by atoms with Crippen LogP contribution in [0.5, 0.6) is 0 Å². The first-order valence-electron chi connectivity index (χ1n) is 10.1. The number of amides is 1. The van der Waals surface area contributed by atoms with Crippen LogP contribution in [0.25, 0.3) is 10.2 Å². The highest BCUT2D eigenvalue weighted by molar-refractivity contribution is 7.92. The van der Waals surface area contributed by atoms with Crippen molar-refractivity contribution in [2.24, 2.45) is 0 Å². The fraction of sp³-hybridized carbons (Fsp3) is 0.130. The van der Waals surface area contributed by atoms with Crippen LogP contribution in [0.15, 0.2) is 71.6 Å². The van der Waals surface area contributed by atoms with Crippen LogP contribution in [0.3, 0.4) is 0 Å². The normalized spacial score (nSPS) is 11.3. The van der Waals surface area contributed by atoms with Gasteiger partial charge in [0, 0.05) is 24.3 Å². The Hall–Kier alpha value is -3.50. The van der Waals surface area contributed by atoms with Crippen molar-refractivity contribution in [3.63, 3.8) is 0 Å². The molecule has 4 rings (SSSR count). The number of fused-ring (bicyclic) bond motifs is 1. The van der Waals surface area contributed by atoms with Gasteiger partial charge < -0.3 is 10.6 Å². The van der Waals surface area contributed by atoms with Crippen LogP contribution in [-0.2, 0) is 10.0 Å². The number of sulfonamides is 1. The van der Waals surface area contributed by atoms with Crippen molar-refractivity contribution >= 4 is 48.3 Å². The van der Waals surface area contributed by atoms with Gasteiger partial charge in [0.15, 0.2) is 5.13 Å². The highest BCUT2D eigenvalue weighted by Crippen LogP contribution is 2.25. The molecule has 1 heterocycles. The van der Waals surface area contributed by atoms with Crippen LogP contribution in [0.4, 0.5) is 15.2 Å². The Balaban J connectivity index is 1.34. The first kappa shape index (κ1) is 22.7. The van der Waals surface area contributed by atoms with E-state index in [9.17, 15) is 17.6 Å². The lowest BCUT2D eigenvalue weighted by Crippen LogP contribution is -2.28. The molecular formula is C23H21FN4O3S2. The Morgan fingerprint density at radius 1 is 1.03 bits per heavy atom. The summed E-state index contributed by atoms with van der Waals surface area (Å²) < 4.78 is 42.4. The van der Waals surface area contributed by atoms with Crippen molar-refractivity contribution in [3.05, 3.63) is 83.7 Å². The maximum absolute atomic E-state index is 13.8. The second-order valence-electron chi connectivity index (χ2n) is 7.27. The number of benzene rings is 3. The van der Waals surface area contributed by atoms with E-state index < -0.39 is 15.8 Å². The number of anilines is 2. The fourth-order valence-corrected chi connectivity index (χ4v) is 5.03. The number of carbonyl (C=O) groups excluding carboxylic acids is 1. The second kappa shape index (κ2) is 9.55. The lowest BCUT2D eigenvalue weighted by Gasteiger charge is -2.11. The van der Waals surface area contributed by atoms with E-state index >= 15 is 0 Å². The average molecular weight is 485 g/mol. The SMILES string of the molecule is Cc1ccc(S(=O)(=O)Nc2cccc(C(=O)NCCNc3nc4ccccc4s3)c2)cc1F. The number of carbonyl (C=O) groups is 1. The van der Waals surface area contributed by atoms with Crippen LogP contribution in [0.2, 0.25) is 0 Å². The molecule has 0 saturated carbocycles. The zero-order valence-corrected chi connectivity index (χ0v) is 19.3. The van der Waals surface area contributed by atoms with E-state index in [1.54, 1.807) is 19.1 Å². The zero-order valence-electron chi connectivity index (χ0n) is 17.6. The largest absolute Gasteiger partial charge is 0.360 e. The molecule has 1 aromatic heterocycles. The number of aryl methyl sites for hydroxylation is 1. The van der Waals surface area contributed by atoms with E-state index in [4.69, 9.17) is 0 Å². The lowest BCUT2D eigenvalue weighted by atomic mass is 10.2. The predicted octanol–water partition coefficient (Wildman–Crippen LogP) is 4.39. The zero-order chi connectivity index (χ0) is 23.4. The maximum Gasteiger partial charge on any atom is 0.261 e. The maximum atomic E-state index is 13.8. The van der Waals surface area contributed by atoms with Gasteiger partial charge in [-0.15, -0.1) is 0 Å². The molecule has 170 valence electrons. The van der Waals surface area contributed by atoms with E-state index in [-0.39, 0.29) is 16.5 Å². The summed E-state index contributed by atoms with van der Waals surface area (Å²) in [5.41, 5.74) is 1.77.